The minimum absolute atomic E-state index is 0.0144. The molecule has 1 aromatic rings. The Morgan fingerprint density at radius 2 is 2.00 bits per heavy atom. The Morgan fingerprint density at radius 1 is 1.25 bits per heavy atom. The Kier molecular flexibility index (Phi) is 5.98. The molecule has 0 aliphatic carbocycles. The first-order valence-electron chi connectivity index (χ1n) is 8.87. The Morgan fingerprint density at radius 3 is 2.75 bits per heavy atom. The molecule has 2 aliphatic rings. The highest BCUT2D eigenvalue weighted by Gasteiger charge is 2.22. The second-order valence-corrected chi connectivity index (χ2v) is 6.64. The zero-order valence-electron chi connectivity index (χ0n) is 14.4. The number of amides is 1. The first-order valence-corrected chi connectivity index (χ1v) is 8.87. The molecule has 2 saturated heterocycles. The summed E-state index contributed by atoms with van der Waals surface area (Å²) in [7, 11) is 0. The molecule has 1 aromatic heterocycles. The lowest BCUT2D eigenvalue weighted by molar-refractivity contribution is 0.0398. The fraction of sp³-hybridized carbons (Fsp3) is 0.706. The summed E-state index contributed by atoms with van der Waals surface area (Å²) < 4.78 is 5.35. The van der Waals surface area contributed by atoms with Gasteiger partial charge in [0, 0.05) is 45.3 Å². The number of aromatic nitrogens is 2. The van der Waals surface area contributed by atoms with E-state index in [1.807, 2.05) is 4.90 Å². The van der Waals surface area contributed by atoms with Gasteiger partial charge in [0.15, 0.2) is 0 Å². The molecule has 3 rings (SSSR count). The number of hydrogen-bond donors (Lipinski definition) is 1. The lowest BCUT2D eigenvalue weighted by Crippen LogP contribution is -2.39. The number of anilines is 1. The number of carbonyl (C=O) groups excluding carboxylic acids is 1. The number of nitrogens with zero attached hydrogens (tertiary/aromatic N) is 4. The van der Waals surface area contributed by atoms with Gasteiger partial charge in [-0.1, -0.05) is 6.92 Å². The van der Waals surface area contributed by atoms with Crippen molar-refractivity contribution in [2.24, 2.45) is 5.92 Å². The highest BCUT2D eigenvalue weighted by atomic mass is 16.5. The predicted octanol–water partition coefficient (Wildman–Crippen LogP) is 1.09. The molecular weight excluding hydrogens is 306 g/mol. The number of likely N-dealkylation sites (tertiary alicyclic amines) is 1. The summed E-state index contributed by atoms with van der Waals surface area (Å²) in [4.78, 5) is 25.2. The monoisotopic (exact) mass is 333 g/mol. The molecule has 0 bridgehead atoms. The minimum atomic E-state index is 0.0144. The van der Waals surface area contributed by atoms with Gasteiger partial charge in [-0.15, -0.1) is 0 Å². The molecule has 1 N–H and O–H groups in total. The normalized spacial score (nSPS) is 20.1. The van der Waals surface area contributed by atoms with Crippen molar-refractivity contribution < 1.29 is 9.53 Å². The number of carbonyl (C=O) groups is 1. The van der Waals surface area contributed by atoms with Gasteiger partial charge in [-0.3, -0.25) is 9.69 Å². The summed E-state index contributed by atoms with van der Waals surface area (Å²) in [6.45, 7) is 9.19. The zero-order valence-corrected chi connectivity index (χ0v) is 14.4. The van der Waals surface area contributed by atoms with Gasteiger partial charge in [-0.05, 0) is 18.8 Å². The van der Waals surface area contributed by atoms with Crippen molar-refractivity contribution in [1.82, 2.24) is 19.8 Å². The summed E-state index contributed by atoms with van der Waals surface area (Å²) in [6, 6.07) is 1.76. The van der Waals surface area contributed by atoms with Crippen LogP contribution in [0, 0.1) is 5.92 Å². The Bertz CT molecular complexity index is 540. The summed E-state index contributed by atoms with van der Waals surface area (Å²) in [6.07, 6.45) is 3.61. The van der Waals surface area contributed by atoms with Gasteiger partial charge in [0.2, 0.25) is 0 Å². The average Bonchev–Trinajstić information content (AvgIpc) is 2.63. The van der Waals surface area contributed by atoms with Crippen molar-refractivity contribution in [2.45, 2.75) is 19.8 Å². The molecule has 0 unspecified atom stereocenters. The van der Waals surface area contributed by atoms with E-state index in [-0.39, 0.29) is 5.91 Å². The van der Waals surface area contributed by atoms with E-state index in [0.29, 0.717) is 17.4 Å². The topological polar surface area (TPSA) is 70.6 Å². The third-order valence-corrected chi connectivity index (χ3v) is 4.79. The lowest BCUT2D eigenvalue weighted by atomic mass is 9.99. The van der Waals surface area contributed by atoms with Crippen molar-refractivity contribution in [3.63, 3.8) is 0 Å². The van der Waals surface area contributed by atoms with Crippen LogP contribution in [0.1, 0.15) is 30.3 Å². The van der Waals surface area contributed by atoms with E-state index in [1.54, 1.807) is 6.07 Å². The van der Waals surface area contributed by atoms with Crippen LogP contribution in [0.25, 0.3) is 0 Å². The van der Waals surface area contributed by atoms with E-state index in [2.05, 4.69) is 27.1 Å². The van der Waals surface area contributed by atoms with Crippen molar-refractivity contribution in [3.05, 3.63) is 18.1 Å². The third kappa shape index (κ3) is 4.64. The molecule has 7 nitrogen and oxygen atoms in total. The van der Waals surface area contributed by atoms with Crippen LogP contribution in [-0.2, 0) is 4.74 Å². The number of morpholine rings is 1. The zero-order chi connectivity index (χ0) is 16.8. The Hall–Kier alpha value is -1.73. The Balaban J connectivity index is 1.50. The summed E-state index contributed by atoms with van der Waals surface area (Å²) in [5, 5.41) is 3.29. The van der Waals surface area contributed by atoms with Crippen LogP contribution in [0.3, 0.4) is 0 Å². The van der Waals surface area contributed by atoms with Crippen LogP contribution >= 0.6 is 0 Å². The van der Waals surface area contributed by atoms with E-state index < -0.39 is 0 Å². The SMILES string of the molecule is CC1CCN(C(=O)c2cc(NCCN3CCOCC3)ncn2)CC1. The van der Waals surface area contributed by atoms with E-state index >= 15 is 0 Å². The lowest BCUT2D eigenvalue weighted by Gasteiger charge is -2.30. The molecule has 24 heavy (non-hydrogen) atoms. The van der Waals surface area contributed by atoms with Crippen LogP contribution < -0.4 is 5.32 Å². The fourth-order valence-corrected chi connectivity index (χ4v) is 3.11. The average molecular weight is 333 g/mol. The van der Waals surface area contributed by atoms with Crippen LogP contribution in [0.2, 0.25) is 0 Å². The van der Waals surface area contributed by atoms with Gasteiger partial charge in [-0.25, -0.2) is 9.97 Å². The molecule has 0 aromatic carbocycles. The van der Waals surface area contributed by atoms with Gasteiger partial charge < -0.3 is 15.0 Å². The van der Waals surface area contributed by atoms with Gasteiger partial charge >= 0.3 is 0 Å². The standard InChI is InChI=1S/C17H27N5O2/c1-14-2-5-22(6-3-14)17(23)15-12-16(20-13-19-15)18-4-7-21-8-10-24-11-9-21/h12-14H,2-11H2,1H3,(H,18,19,20). The maximum absolute atomic E-state index is 12.6. The highest BCUT2D eigenvalue weighted by Crippen LogP contribution is 2.18. The third-order valence-electron chi connectivity index (χ3n) is 4.79. The van der Waals surface area contributed by atoms with E-state index in [0.717, 1.165) is 65.3 Å². The number of nitrogens with one attached hydrogen (secondary N) is 1. The fourth-order valence-electron chi connectivity index (χ4n) is 3.11. The van der Waals surface area contributed by atoms with Crippen molar-refractivity contribution in [3.8, 4) is 0 Å². The molecule has 132 valence electrons. The number of hydrogen-bond acceptors (Lipinski definition) is 6. The molecule has 1 amide bonds. The molecule has 0 atom stereocenters. The highest BCUT2D eigenvalue weighted by molar-refractivity contribution is 5.92. The molecule has 3 heterocycles. The molecule has 2 aliphatic heterocycles. The van der Waals surface area contributed by atoms with Crippen LogP contribution in [0.15, 0.2) is 12.4 Å². The molecule has 0 radical (unpaired) electrons. The van der Waals surface area contributed by atoms with Crippen LogP contribution in [0.4, 0.5) is 5.82 Å². The van der Waals surface area contributed by atoms with Crippen molar-refractivity contribution in [1.29, 1.82) is 0 Å². The summed E-state index contributed by atoms with van der Waals surface area (Å²) in [5.74, 6) is 1.43. The molecule has 7 heteroatoms. The van der Waals surface area contributed by atoms with Crippen molar-refractivity contribution in [2.75, 3.05) is 57.8 Å². The second-order valence-electron chi connectivity index (χ2n) is 6.64. The first kappa shape index (κ1) is 17.1. The molecule has 2 fully saturated rings. The number of rotatable bonds is 5. The van der Waals surface area contributed by atoms with Gasteiger partial charge in [0.05, 0.1) is 13.2 Å². The quantitative estimate of drug-likeness (QED) is 0.870. The smallest absolute Gasteiger partial charge is 0.272 e. The number of ether oxygens (including phenoxy) is 1. The predicted molar refractivity (Wildman–Crippen MR) is 92.1 cm³/mol. The van der Waals surface area contributed by atoms with E-state index in [1.165, 1.54) is 6.33 Å². The first-order chi connectivity index (χ1) is 11.7. The number of piperidine rings is 1. The molecule has 0 saturated carbocycles. The minimum Gasteiger partial charge on any atom is -0.379 e. The van der Waals surface area contributed by atoms with E-state index in [9.17, 15) is 4.79 Å². The second kappa shape index (κ2) is 8.39. The molecule has 0 spiro atoms. The van der Waals surface area contributed by atoms with E-state index in [4.69, 9.17) is 4.74 Å². The summed E-state index contributed by atoms with van der Waals surface area (Å²) in [5.41, 5.74) is 0.480. The van der Waals surface area contributed by atoms with Crippen LogP contribution in [0.5, 0.6) is 0 Å². The largest absolute Gasteiger partial charge is 0.379 e. The Labute approximate surface area is 143 Å². The van der Waals surface area contributed by atoms with Gasteiger partial charge in [0.25, 0.3) is 5.91 Å². The summed E-state index contributed by atoms with van der Waals surface area (Å²) >= 11 is 0. The van der Waals surface area contributed by atoms with Gasteiger partial charge in [0.1, 0.15) is 17.8 Å². The maximum atomic E-state index is 12.6. The molecular formula is C17H27N5O2. The van der Waals surface area contributed by atoms with Crippen LogP contribution in [-0.4, -0.2) is 78.2 Å². The van der Waals surface area contributed by atoms with Gasteiger partial charge in [-0.2, -0.15) is 0 Å². The van der Waals surface area contributed by atoms with Crippen molar-refractivity contribution >= 4 is 11.7 Å². The maximum Gasteiger partial charge on any atom is 0.272 e.